The number of carbonyl (C=O) groups excluding carboxylic acids is 2. The average molecular weight is 330 g/mol. The molecular formula is C18H22N2O4. The molecule has 0 unspecified atom stereocenters. The maximum Gasteiger partial charge on any atom is 0.261 e. The van der Waals surface area contributed by atoms with E-state index in [0.717, 1.165) is 6.42 Å². The van der Waals surface area contributed by atoms with Gasteiger partial charge in [-0.05, 0) is 31.0 Å². The van der Waals surface area contributed by atoms with Crippen LogP contribution in [0.15, 0.2) is 30.4 Å². The molecule has 2 heterocycles. The van der Waals surface area contributed by atoms with E-state index in [1.165, 1.54) is 0 Å². The van der Waals surface area contributed by atoms with Crippen LogP contribution >= 0.6 is 0 Å². The van der Waals surface area contributed by atoms with Gasteiger partial charge in [0.25, 0.3) is 5.91 Å². The van der Waals surface area contributed by atoms with Crippen LogP contribution in [0.25, 0.3) is 0 Å². The quantitative estimate of drug-likeness (QED) is 0.714. The minimum absolute atomic E-state index is 0.0195. The Morgan fingerprint density at radius 2 is 2.21 bits per heavy atom. The molecule has 2 aliphatic rings. The highest BCUT2D eigenvalue weighted by Crippen LogP contribution is 2.43. The number of aliphatic hydroxyl groups excluding tert-OH is 1. The van der Waals surface area contributed by atoms with E-state index in [4.69, 9.17) is 5.11 Å². The number of anilines is 2. The lowest BCUT2D eigenvalue weighted by Crippen LogP contribution is -2.39. The Morgan fingerprint density at radius 3 is 2.88 bits per heavy atom. The van der Waals surface area contributed by atoms with Gasteiger partial charge in [0.2, 0.25) is 5.91 Å². The van der Waals surface area contributed by atoms with Crippen molar-refractivity contribution in [2.24, 2.45) is 5.92 Å². The standard InChI is InChI=1S/C18H22N2O4/c1-12(5-2-3-10-21)18(24)14-11-13(20-9-4-6-16(20)22)7-8-15(14)19-17(18)23/h2,5,7-8,11-12,21,24H,3-4,6,9-10H2,1H3,(H,19,23)/b5-2+/t12-,18+/m1/s1. The topological polar surface area (TPSA) is 89.9 Å². The smallest absolute Gasteiger partial charge is 0.261 e. The van der Waals surface area contributed by atoms with E-state index < -0.39 is 17.4 Å². The van der Waals surface area contributed by atoms with Crippen LogP contribution < -0.4 is 10.2 Å². The first kappa shape index (κ1) is 16.7. The third-order valence-electron chi connectivity index (χ3n) is 4.77. The number of fused-ring (bicyclic) bond motifs is 1. The van der Waals surface area contributed by atoms with E-state index in [-0.39, 0.29) is 12.5 Å². The molecule has 0 spiro atoms. The number of hydrogen-bond donors (Lipinski definition) is 3. The highest BCUT2D eigenvalue weighted by molar-refractivity contribution is 6.06. The van der Waals surface area contributed by atoms with Gasteiger partial charge in [0, 0.05) is 42.4 Å². The molecule has 2 atom stereocenters. The average Bonchev–Trinajstić information content (AvgIpc) is 3.10. The monoisotopic (exact) mass is 330 g/mol. The predicted molar refractivity (Wildman–Crippen MR) is 90.6 cm³/mol. The molecule has 1 saturated heterocycles. The first-order valence-electron chi connectivity index (χ1n) is 8.24. The molecule has 0 radical (unpaired) electrons. The number of nitrogens with one attached hydrogen (secondary N) is 1. The molecule has 3 rings (SSSR count). The van der Waals surface area contributed by atoms with Crippen LogP contribution in [0, 0.1) is 5.92 Å². The van der Waals surface area contributed by atoms with E-state index in [1.54, 1.807) is 42.2 Å². The van der Waals surface area contributed by atoms with E-state index >= 15 is 0 Å². The number of rotatable bonds is 5. The largest absolute Gasteiger partial charge is 0.396 e. The molecule has 1 fully saturated rings. The summed E-state index contributed by atoms with van der Waals surface area (Å²) in [5.41, 5.74) is 0.0870. The van der Waals surface area contributed by atoms with E-state index in [1.807, 2.05) is 0 Å². The highest BCUT2D eigenvalue weighted by atomic mass is 16.3. The Kier molecular flexibility index (Phi) is 4.43. The third kappa shape index (κ3) is 2.61. The molecule has 128 valence electrons. The van der Waals surface area contributed by atoms with Crippen LogP contribution in [-0.4, -0.2) is 35.2 Å². The molecule has 3 N–H and O–H groups in total. The van der Waals surface area contributed by atoms with Crippen molar-refractivity contribution in [2.75, 3.05) is 23.4 Å². The van der Waals surface area contributed by atoms with Crippen LogP contribution in [0.1, 0.15) is 31.7 Å². The summed E-state index contributed by atoms with van der Waals surface area (Å²) in [5, 5.41) is 22.7. The van der Waals surface area contributed by atoms with Crippen LogP contribution in [0.4, 0.5) is 11.4 Å². The molecule has 6 nitrogen and oxygen atoms in total. The molecule has 0 aliphatic carbocycles. The lowest BCUT2D eigenvalue weighted by atomic mass is 9.82. The molecule has 1 aromatic rings. The van der Waals surface area contributed by atoms with Crippen molar-refractivity contribution in [3.05, 3.63) is 35.9 Å². The van der Waals surface area contributed by atoms with Crippen molar-refractivity contribution in [1.82, 2.24) is 0 Å². The Hall–Kier alpha value is -2.18. The van der Waals surface area contributed by atoms with Crippen LogP contribution in [0.5, 0.6) is 0 Å². The fraction of sp³-hybridized carbons (Fsp3) is 0.444. The summed E-state index contributed by atoms with van der Waals surface area (Å²) in [5.74, 6) is -0.870. The minimum atomic E-state index is -1.68. The number of benzene rings is 1. The molecular weight excluding hydrogens is 308 g/mol. The molecule has 2 aliphatic heterocycles. The van der Waals surface area contributed by atoms with Gasteiger partial charge in [-0.3, -0.25) is 9.59 Å². The van der Waals surface area contributed by atoms with E-state index in [2.05, 4.69) is 5.32 Å². The number of aliphatic hydroxyl groups is 2. The fourth-order valence-electron chi connectivity index (χ4n) is 3.35. The third-order valence-corrected chi connectivity index (χ3v) is 4.77. The zero-order valence-electron chi connectivity index (χ0n) is 13.7. The number of amides is 2. The van der Waals surface area contributed by atoms with Crippen molar-refractivity contribution in [2.45, 2.75) is 31.8 Å². The van der Waals surface area contributed by atoms with E-state index in [9.17, 15) is 14.7 Å². The van der Waals surface area contributed by atoms with Crippen molar-refractivity contribution < 1.29 is 19.8 Å². The van der Waals surface area contributed by atoms with Gasteiger partial charge in [-0.25, -0.2) is 0 Å². The molecule has 24 heavy (non-hydrogen) atoms. The van der Waals surface area contributed by atoms with Crippen molar-refractivity contribution in [1.29, 1.82) is 0 Å². The van der Waals surface area contributed by atoms with E-state index in [0.29, 0.717) is 36.3 Å². The second kappa shape index (κ2) is 6.37. The van der Waals surface area contributed by atoms with Crippen LogP contribution in [0.3, 0.4) is 0 Å². The lowest BCUT2D eigenvalue weighted by molar-refractivity contribution is -0.137. The van der Waals surface area contributed by atoms with Gasteiger partial charge in [-0.15, -0.1) is 0 Å². The fourth-order valence-corrected chi connectivity index (χ4v) is 3.35. The van der Waals surface area contributed by atoms with Gasteiger partial charge in [0.05, 0.1) is 0 Å². The molecule has 2 amide bonds. The summed E-state index contributed by atoms with van der Waals surface area (Å²) in [6, 6.07) is 5.25. The second-order valence-corrected chi connectivity index (χ2v) is 6.33. The Labute approximate surface area is 140 Å². The molecule has 6 heteroatoms. The normalized spacial score (nSPS) is 24.5. The summed E-state index contributed by atoms with van der Waals surface area (Å²) in [6.45, 7) is 2.44. The lowest BCUT2D eigenvalue weighted by Gasteiger charge is -2.27. The van der Waals surface area contributed by atoms with Crippen LogP contribution in [-0.2, 0) is 15.2 Å². The van der Waals surface area contributed by atoms with Gasteiger partial charge in [0.15, 0.2) is 5.60 Å². The molecule has 0 aromatic heterocycles. The second-order valence-electron chi connectivity index (χ2n) is 6.33. The zero-order valence-corrected chi connectivity index (χ0v) is 13.7. The maximum atomic E-state index is 12.4. The summed E-state index contributed by atoms with van der Waals surface area (Å²) < 4.78 is 0. The zero-order chi connectivity index (χ0) is 17.3. The summed E-state index contributed by atoms with van der Waals surface area (Å²) in [7, 11) is 0. The molecule has 0 bridgehead atoms. The Bertz CT molecular complexity index is 700. The van der Waals surface area contributed by atoms with Crippen molar-refractivity contribution in [3.8, 4) is 0 Å². The van der Waals surface area contributed by atoms with Gasteiger partial charge in [-0.2, -0.15) is 0 Å². The number of carbonyl (C=O) groups is 2. The molecule has 0 saturated carbocycles. The van der Waals surface area contributed by atoms with Gasteiger partial charge < -0.3 is 20.4 Å². The van der Waals surface area contributed by atoms with Crippen molar-refractivity contribution in [3.63, 3.8) is 0 Å². The Balaban J connectivity index is 1.97. The van der Waals surface area contributed by atoms with Crippen molar-refractivity contribution >= 4 is 23.2 Å². The minimum Gasteiger partial charge on any atom is -0.396 e. The van der Waals surface area contributed by atoms with Crippen LogP contribution in [0.2, 0.25) is 0 Å². The predicted octanol–water partition coefficient (Wildman–Crippen LogP) is 1.53. The first-order valence-corrected chi connectivity index (χ1v) is 8.24. The SMILES string of the molecule is C[C@H](/C=C/CCO)[C@@]1(O)C(=O)Nc2ccc(N3CCCC3=O)cc21. The first-order chi connectivity index (χ1) is 11.5. The molecule has 1 aromatic carbocycles. The number of nitrogens with zero attached hydrogens (tertiary/aromatic N) is 1. The number of hydrogen-bond acceptors (Lipinski definition) is 4. The van der Waals surface area contributed by atoms with Gasteiger partial charge >= 0.3 is 0 Å². The summed E-state index contributed by atoms with van der Waals surface area (Å²) in [4.78, 5) is 26.0. The maximum absolute atomic E-state index is 12.4. The van der Waals surface area contributed by atoms with Gasteiger partial charge in [-0.1, -0.05) is 19.1 Å². The highest BCUT2D eigenvalue weighted by Gasteiger charge is 2.48. The Morgan fingerprint density at radius 1 is 1.42 bits per heavy atom. The summed E-state index contributed by atoms with van der Waals surface area (Å²) in [6.07, 6.45) is 5.30. The van der Waals surface area contributed by atoms with Gasteiger partial charge in [0.1, 0.15) is 0 Å². The summed E-state index contributed by atoms with van der Waals surface area (Å²) >= 11 is 0.